The van der Waals surface area contributed by atoms with Gasteiger partial charge in [0.2, 0.25) is 0 Å². The van der Waals surface area contributed by atoms with Crippen LogP contribution in [0.4, 0.5) is 0 Å². The highest BCUT2D eigenvalue weighted by atomic mass is 16.5. The van der Waals surface area contributed by atoms with E-state index >= 15 is 0 Å². The molecule has 2 atom stereocenters. The molecule has 110 valence electrons. The van der Waals surface area contributed by atoms with Crippen molar-refractivity contribution in [2.45, 2.75) is 51.7 Å². The van der Waals surface area contributed by atoms with Gasteiger partial charge in [0.05, 0.1) is 12.1 Å². The largest absolute Gasteiger partial charge is 0.377 e. The fraction of sp³-hybridized carbons (Fsp3) is 0.588. The zero-order chi connectivity index (χ0) is 14.5. The fourth-order valence-electron chi connectivity index (χ4n) is 2.49. The van der Waals surface area contributed by atoms with Crippen molar-refractivity contribution in [3.05, 3.63) is 35.4 Å². The van der Waals surface area contributed by atoms with Crippen LogP contribution in [0, 0.1) is 0 Å². The van der Waals surface area contributed by atoms with Crippen molar-refractivity contribution in [2.75, 3.05) is 13.2 Å². The zero-order valence-corrected chi connectivity index (χ0v) is 12.7. The van der Waals surface area contributed by atoms with E-state index in [0.717, 1.165) is 31.6 Å². The second kappa shape index (κ2) is 7.00. The van der Waals surface area contributed by atoms with Gasteiger partial charge in [0.1, 0.15) is 0 Å². The van der Waals surface area contributed by atoms with Crippen LogP contribution in [-0.4, -0.2) is 31.1 Å². The summed E-state index contributed by atoms with van der Waals surface area (Å²) in [5, 5.41) is 3.29. The van der Waals surface area contributed by atoms with E-state index in [1.165, 1.54) is 5.56 Å². The first-order valence-corrected chi connectivity index (χ1v) is 7.57. The lowest BCUT2D eigenvalue weighted by Crippen LogP contribution is -2.38. The Labute approximate surface area is 121 Å². The summed E-state index contributed by atoms with van der Waals surface area (Å²) in [7, 11) is 0. The molecule has 1 aliphatic rings. The molecule has 1 fully saturated rings. The standard InChI is InChI=1S/C17H25NO2/c1-12(2)14-6-8-15(9-7-14)17(19)13(3)18-11-16-5-4-10-20-16/h6-9,12-13,16,18H,4-5,10-11H2,1-3H3. The molecule has 0 spiro atoms. The molecule has 1 aromatic carbocycles. The molecule has 3 heteroatoms. The highest BCUT2D eigenvalue weighted by Crippen LogP contribution is 2.16. The van der Waals surface area contributed by atoms with Crippen molar-refractivity contribution in [1.82, 2.24) is 5.32 Å². The third kappa shape index (κ3) is 3.90. The van der Waals surface area contributed by atoms with Crippen LogP contribution < -0.4 is 5.32 Å². The van der Waals surface area contributed by atoms with Crippen molar-refractivity contribution in [3.63, 3.8) is 0 Å². The van der Waals surface area contributed by atoms with E-state index in [9.17, 15) is 4.79 Å². The molecule has 0 saturated carbocycles. The van der Waals surface area contributed by atoms with Crippen molar-refractivity contribution in [3.8, 4) is 0 Å². The number of hydrogen-bond donors (Lipinski definition) is 1. The van der Waals surface area contributed by atoms with Crippen LogP contribution in [0.25, 0.3) is 0 Å². The van der Waals surface area contributed by atoms with Crippen molar-refractivity contribution in [1.29, 1.82) is 0 Å². The molecular weight excluding hydrogens is 250 g/mol. The molecule has 20 heavy (non-hydrogen) atoms. The Morgan fingerprint density at radius 2 is 2.00 bits per heavy atom. The van der Waals surface area contributed by atoms with Gasteiger partial charge in [-0.1, -0.05) is 38.1 Å². The summed E-state index contributed by atoms with van der Waals surface area (Å²) in [4.78, 5) is 12.3. The second-order valence-electron chi connectivity index (χ2n) is 5.91. The first-order valence-electron chi connectivity index (χ1n) is 7.57. The van der Waals surface area contributed by atoms with E-state index < -0.39 is 0 Å². The molecule has 0 aromatic heterocycles. The zero-order valence-electron chi connectivity index (χ0n) is 12.7. The Morgan fingerprint density at radius 3 is 2.55 bits per heavy atom. The number of ether oxygens (including phenoxy) is 1. The van der Waals surface area contributed by atoms with Gasteiger partial charge in [-0.3, -0.25) is 4.79 Å². The summed E-state index contributed by atoms with van der Waals surface area (Å²) < 4.78 is 5.56. The first kappa shape index (κ1) is 15.2. The molecule has 1 saturated heterocycles. The molecule has 1 heterocycles. The van der Waals surface area contributed by atoms with Gasteiger partial charge in [-0.15, -0.1) is 0 Å². The Bertz CT molecular complexity index is 433. The number of hydrogen-bond acceptors (Lipinski definition) is 3. The highest BCUT2D eigenvalue weighted by molar-refractivity contribution is 5.99. The Morgan fingerprint density at radius 1 is 1.30 bits per heavy atom. The van der Waals surface area contributed by atoms with E-state index in [0.29, 0.717) is 5.92 Å². The molecule has 0 amide bonds. The van der Waals surface area contributed by atoms with Gasteiger partial charge in [0, 0.05) is 18.7 Å². The van der Waals surface area contributed by atoms with Crippen LogP contribution >= 0.6 is 0 Å². The third-order valence-corrected chi connectivity index (χ3v) is 3.93. The molecular formula is C17H25NO2. The Balaban J connectivity index is 1.88. The van der Waals surface area contributed by atoms with Gasteiger partial charge in [-0.2, -0.15) is 0 Å². The quantitative estimate of drug-likeness (QED) is 0.811. The number of ketones is 1. The normalized spacial score (nSPS) is 20.3. The predicted octanol–water partition coefficient (Wildman–Crippen LogP) is 3.15. The maximum atomic E-state index is 12.3. The first-order chi connectivity index (χ1) is 9.58. The number of rotatable bonds is 6. The van der Waals surface area contributed by atoms with Gasteiger partial charge in [0.15, 0.2) is 5.78 Å². The Hall–Kier alpha value is -1.19. The molecule has 1 N–H and O–H groups in total. The molecule has 3 nitrogen and oxygen atoms in total. The van der Waals surface area contributed by atoms with Gasteiger partial charge in [-0.25, -0.2) is 0 Å². The van der Waals surface area contributed by atoms with Gasteiger partial charge >= 0.3 is 0 Å². The molecule has 2 rings (SSSR count). The Kier molecular flexibility index (Phi) is 5.32. The highest BCUT2D eigenvalue weighted by Gasteiger charge is 2.19. The number of carbonyl (C=O) groups excluding carboxylic acids is 1. The van der Waals surface area contributed by atoms with Crippen LogP contribution in [0.1, 0.15) is 55.5 Å². The summed E-state index contributed by atoms with van der Waals surface area (Å²) in [6, 6.07) is 7.79. The van der Waals surface area contributed by atoms with Gasteiger partial charge in [-0.05, 0) is 31.2 Å². The van der Waals surface area contributed by atoms with Crippen LogP contribution in [0.3, 0.4) is 0 Å². The lowest BCUT2D eigenvalue weighted by atomic mass is 9.98. The fourth-order valence-corrected chi connectivity index (χ4v) is 2.49. The molecule has 0 aliphatic carbocycles. The lowest BCUT2D eigenvalue weighted by molar-refractivity contribution is 0.0902. The van der Waals surface area contributed by atoms with Gasteiger partial charge in [0.25, 0.3) is 0 Å². The topological polar surface area (TPSA) is 38.3 Å². The van der Waals surface area contributed by atoms with E-state index in [2.05, 4.69) is 19.2 Å². The summed E-state index contributed by atoms with van der Waals surface area (Å²) in [5.41, 5.74) is 2.04. The van der Waals surface area contributed by atoms with Gasteiger partial charge < -0.3 is 10.1 Å². The minimum absolute atomic E-state index is 0.151. The molecule has 1 aliphatic heterocycles. The minimum atomic E-state index is -0.163. The molecule has 1 aromatic rings. The second-order valence-corrected chi connectivity index (χ2v) is 5.91. The summed E-state index contributed by atoms with van der Waals surface area (Å²) in [5.74, 6) is 0.646. The number of benzene rings is 1. The average Bonchev–Trinajstić information content (AvgIpc) is 2.97. The molecule has 2 unspecified atom stereocenters. The van der Waals surface area contributed by atoms with E-state index in [-0.39, 0.29) is 17.9 Å². The van der Waals surface area contributed by atoms with E-state index in [1.54, 1.807) is 0 Å². The maximum absolute atomic E-state index is 12.3. The van der Waals surface area contributed by atoms with E-state index in [4.69, 9.17) is 4.74 Å². The van der Waals surface area contributed by atoms with Crippen LogP contribution in [0.5, 0.6) is 0 Å². The lowest BCUT2D eigenvalue weighted by Gasteiger charge is -2.16. The third-order valence-electron chi connectivity index (χ3n) is 3.93. The van der Waals surface area contributed by atoms with Crippen LogP contribution in [0.2, 0.25) is 0 Å². The minimum Gasteiger partial charge on any atom is -0.377 e. The summed E-state index contributed by atoms with van der Waals surface area (Å²) in [6.45, 7) is 7.85. The molecule has 0 radical (unpaired) electrons. The van der Waals surface area contributed by atoms with Crippen LogP contribution in [-0.2, 0) is 4.74 Å². The SMILES string of the molecule is CC(NCC1CCCO1)C(=O)c1ccc(C(C)C)cc1. The van der Waals surface area contributed by atoms with E-state index in [1.807, 2.05) is 31.2 Å². The summed E-state index contributed by atoms with van der Waals surface area (Å²) >= 11 is 0. The molecule has 0 bridgehead atoms. The van der Waals surface area contributed by atoms with Crippen molar-refractivity contribution in [2.24, 2.45) is 0 Å². The average molecular weight is 275 g/mol. The maximum Gasteiger partial charge on any atom is 0.179 e. The van der Waals surface area contributed by atoms with Crippen molar-refractivity contribution >= 4 is 5.78 Å². The van der Waals surface area contributed by atoms with Crippen LogP contribution in [0.15, 0.2) is 24.3 Å². The number of Topliss-reactive ketones (excluding diaryl/α,β-unsaturated/α-hetero) is 1. The smallest absolute Gasteiger partial charge is 0.179 e. The van der Waals surface area contributed by atoms with Crippen molar-refractivity contribution < 1.29 is 9.53 Å². The predicted molar refractivity (Wildman–Crippen MR) is 81.3 cm³/mol. The summed E-state index contributed by atoms with van der Waals surface area (Å²) in [6.07, 6.45) is 2.50. The number of nitrogens with one attached hydrogen (secondary N) is 1. The number of carbonyl (C=O) groups is 1. The monoisotopic (exact) mass is 275 g/mol.